The van der Waals surface area contributed by atoms with E-state index in [-0.39, 0.29) is 23.1 Å². The molecule has 0 radical (unpaired) electrons. The van der Waals surface area contributed by atoms with E-state index in [9.17, 15) is 18.0 Å². The van der Waals surface area contributed by atoms with Gasteiger partial charge in [0, 0.05) is 31.8 Å². The molecule has 0 saturated carbocycles. The van der Waals surface area contributed by atoms with Gasteiger partial charge in [-0.15, -0.1) is 5.10 Å². The third-order valence-corrected chi connectivity index (χ3v) is 5.40. The quantitative estimate of drug-likeness (QED) is 0.403. The van der Waals surface area contributed by atoms with Crippen molar-refractivity contribution >= 4 is 5.97 Å². The van der Waals surface area contributed by atoms with Crippen LogP contribution in [-0.4, -0.2) is 65.3 Å². The first-order valence-corrected chi connectivity index (χ1v) is 10.9. The average Bonchev–Trinajstić information content (AvgIpc) is 3.25. The summed E-state index contributed by atoms with van der Waals surface area (Å²) in [7, 11) is 0. The Bertz CT molecular complexity index is 872. The van der Waals surface area contributed by atoms with Crippen molar-refractivity contribution in [3.05, 3.63) is 36.0 Å². The fourth-order valence-corrected chi connectivity index (χ4v) is 3.82. The molecule has 1 aromatic heterocycles. The summed E-state index contributed by atoms with van der Waals surface area (Å²) in [5, 5.41) is 7.84. The number of rotatable bonds is 10. The van der Waals surface area contributed by atoms with Crippen molar-refractivity contribution < 1.29 is 27.4 Å². The number of likely N-dealkylation sites (tertiary alicyclic amines) is 1. The Morgan fingerprint density at radius 1 is 1.22 bits per heavy atom. The molecule has 0 N–H and O–H groups in total. The van der Waals surface area contributed by atoms with Crippen LogP contribution in [0.15, 0.2) is 30.5 Å². The highest BCUT2D eigenvalue weighted by molar-refractivity contribution is 5.72. The molecule has 0 amide bonds. The summed E-state index contributed by atoms with van der Waals surface area (Å²) in [6.07, 6.45) is -0.430. The molecule has 1 aliphatic rings. The third kappa shape index (κ3) is 6.77. The van der Waals surface area contributed by atoms with Gasteiger partial charge in [-0.1, -0.05) is 23.4 Å². The molecule has 1 unspecified atom stereocenters. The number of alkyl halides is 3. The van der Waals surface area contributed by atoms with Gasteiger partial charge in [0.15, 0.2) is 0 Å². The Labute approximate surface area is 185 Å². The van der Waals surface area contributed by atoms with Crippen LogP contribution >= 0.6 is 0 Å². The molecule has 7 nitrogen and oxygen atoms in total. The second-order valence-electron chi connectivity index (χ2n) is 7.77. The molecule has 176 valence electrons. The van der Waals surface area contributed by atoms with Gasteiger partial charge in [-0.2, -0.15) is 13.2 Å². The van der Waals surface area contributed by atoms with Crippen LogP contribution < -0.4 is 0 Å². The molecule has 0 spiro atoms. The zero-order chi connectivity index (χ0) is 23.0. The number of ether oxygens (including phenoxy) is 2. The highest BCUT2D eigenvalue weighted by atomic mass is 19.4. The van der Waals surface area contributed by atoms with Gasteiger partial charge in [-0.25, -0.2) is 0 Å². The highest BCUT2D eigenvalue weighted by Gasteiger charge is 2.34. The minimum absolute atomic E-state index is 0.0187. The van der Waals surface area contributed by atoms with Crippen LogP contribution in [0.2, 0.25) is 0 Å². The third-order valence-electron chi connectivity index (χ3n) is 5.40. The van der Waals surface area contributed by atoms with Gasteiger partial charge in [-0.3, -0.25) is 9.48 Å². The van der Waals surface area contributed by atoms with Crippen LogP contribution in [-0.2, 0) is 27.0 Å². The van der Waals surface area contributed by atoms with Crippen LogP contribution in [0.5, 0.6) is 0 Å². The summed E-state index contributed by atoms with van der Waals surface area (Å²) in [6.45, 7) is 6.16. The largest absolute Gasteiger partial charge is 0.466 e. The molecule has 2 heterocycles. The van der Waals surface area contributed by atoms with Crippen LogP contribution in [0.3, 0.4) is 0 Å². The van der Waals surface area contributed by atoms with Crippen molar-refractivity contribution in [1.29, 1.82) is 0 Å². The number of benzene rings is 1. The van der Waals surface area contributed by atoms with Gasteiger partial charge in [0.25, 0.3) is 0 Å². The summed E-state index contributed by atoms with van der Waals surface area (Å²) in [6, 6.07) is 5.34. The molecular formula is C22H29F3N4O3. The van der Waals surface area contributed by atoms with Crippen molar-refractivity contribution in [3.8, 4) is 11.3 Å². The number of piperidine rings is 1. The van der Waals surface area contributed by atoms with Gasteiger partial charge in [0.1, 0.15) is 5.69 Å². The summed E-state index contributed by atoms with van der Waals surface area (Å²) >= 11 is 0. The number of aromatic nitrogens is 3. The van der Waals surface area contributed by atoms with Gasteiger partial charge >= 0.3 is 12.1 Å². The number of hydrogen-bond donors (Lipinski definition) is 0. The lowest BCUT2D eigenvalue weighted by Gasteiger charge is -2.31. The Kier molecular flexibility index (Phi) is 8.63. The molecule has 1 aromatic carbocycles. The number of hydrogen-bond acceptors (Lipinski definition) is 6. The predicted octanol–water partition coefficient (Wildman–Crippen LogP) is 3.65. The average molecular weight is 454 g/mol. The second-order valence-corrected chi connectivity index (χ2v) is 7.77. The number of halogens is 3. The zero-order valence-electron chi connectivity index (χ0n) is 18.2. The fraction of sp³-hybridized carbons (Fsp3) is 0.591. The van der Waals surface area contributed by atoms with E-state index in [2.05, 4.69) is 15.2 Å². The topological polar surface area (TPSA) is 69.5 Å². The molecule has 0 bridgehead atoms. The number of carbonyl (C=O) groups excluding carboxylic acids is 1. The first kappa shape index (κ1) is 24.2. The predicted molar refractivity (Wildman–Crippen MR) is 112 cm³/mol. The van der Waals surface area contributed by atoms with Crippen molar-refractivity contribution in [2.45, 2.75) is 38.9 Å². The second kappa shape index (κ2) is 11.4. The van der Waals surface area contributed by atoms with E-state index in [1.54, 1.807) is 6.07 Å². The summed E-state index contributed by atoms with van der Waals surface area (Å²) in [5.74, 6) is -0.184. The minimum atomic E-state index is -4.45. The molecule has 1 aliphatic heterocycles. The van der Waals surface area contributed by atoms with Crippen LogP contribution in [0.1, 0.15) is 31.7 Å². The molecule has 1 saturated heterocycles. The lowest BCUT2D eigenvalue weighted by atomic mass is 9.98. The summed E-state index contributed by atoms with van der Waals surface area (Å²) < 4.78 is 51.9. The number of esters is 1. The normalized spacial score (nSPS) is 17.4. The van der Waals surface area contributed by atoms with Gasteiger partial charge in [-0.05, 0) is 38.8 Å². The van der Waals surface area contributed by atoms with E-state index < -0.39 is 11.7 Å². The number of aryl methyl sites for hydroxylation is 1. The van der Waals surface area contributed by atoms with Crippen LogP contribution in [0, 0.1) is 5.92 Å². The summed E-state index contributed by atoms with van der Waals surface area (Å²) in [5.41, 5.74) is -0.511. The zero-order valence-corrected chi connectivity index (χ0v) is 18.2. The van der Waals surface area contributed by atoms with Crippen molar-refractivity contribution in [1.82, 2.24) is 19.9 Å². The fourth-order valence-electron chi connectivity index (χ4n) is 3.82. The van der Waals surface area contributed by atoms with E-state index in [0.29, 0.717) is 39.3 Å². The molecule has 2 aromatic rings. The highest BCUT2D eigenvalue weighted by Crippen LogP contribution is 2.36. The Morgan fingerprint density at radius 2 is 2.03 bits per heavy atom. The maximum atomic E-state index is 13.2. The Balaban J connectivity index is 1.38. The Morgan fingerprint density at radius 3 is 2.81 bits per heavy atom. The molecular weight excluding hydrogens is 425 g/mol. The smallest absolute Gasteiger partial charge is 0.417 e. The first-order valence-electron chi connectivity index (χ1n) is 10.9. The monoisotopic (exact) mass is 454 g/mol. The maximum Gasteiger partial charge on any atom is 0.417 e. The van der Waals surface area contributed by atoms with Crippen LogP contribution in [0.4, 0.5) is 13.2 Å². The molecule has 0 aliphatic carbocycles. The van der Waals surface area contributed by atoms with E-state index in [0.717, 1.165) is 32.0 Å². The summed E-state index contributed by atoms with van der Waals surface area (Å²) in [4.78, 5) is 14.1. The Hall–Kier alpha value is -2.46. The first-order chi connectivity index (χ1) is 15.4. The van der Waals surface area contributed by atoms with Gasteiger partial charge < -0.3 is 14.4 Å². The molecule has 1 atom stereocenters. The van der Waals surface area contributed by atoms with E-state index >= 15 is 0 Å². The SMILES string of the molecule is CCOC(=O)C1CCCN(CCOCCCn2cc(-c3ccccc3C(F)(F)F)nn2)C1. The van der Waals surface area contributed by atoms with Gasteiger partial charge in [0.05, 0.1) is 30.9 Å². The number of carbonyl (C=O) groups is 1. The van der Waals surface area contributed by atoms with E-state index in [1.165, 1.54) is 23.0 Å². The minimum Gasteiger partial charge on any atom is -0.466 e. The van der Waals surface area contributed by atoms with Crippen molar-refractivity contribution in [3.63, 3.8) is 0 Å². The van der Waals surface area contributed by atoms with Crippen molar-refractivity contribution in [2.75, 3.05) is 39.5 Å². The molecule has 32 heavy (non-hydrogen) atoms. The van der Waals surface area contributed by atoms with Crippen LogP contribution in [0.25, 0.3) is 11.3 Å². The van der Waals surface area contributed by atoms with E-state index in [1.807, 2.05) is 6.92 Å². The lowest BCUT2D eigenvalue weighted by Crippen LogP contribution is -2.40. The van der Waals surface area contributed by atoms with E-state index in [4.69, 9.17) is 9.47 Å². The standard InChI is InChI=1S/C22H29F3N4O3/c1-2-32-21(30)17-7-5-10-28(15-17)12-14-31-13-6-11-29-16-20(26-27-29)18-8-3-4-9-19(18)22(23,24)25/h3-4,8-9,16-17H,2,5-7,10-15H2,1H3. The maximum absolute atomic E-state index is 13.2. The molecule has 3 rings (SSSR count). The van der Waals surface area contributed by atoms with Gasteiger partial charge in [0.2, 0.25) is 0 Å². The van der Waals surface area contributed by atoms with Crippen molar-refractivity contribution in [2.24, 2.45) is 5.92 Å². The lowest BCUT2D eigenvalue weighted by molar-refractivity contribution is -0.150. The molecule has 1 fully saturated rings. The molecule has 10 heteroatoms. The number of nitrogens with zero attached hydrogens (tertiary/aromatic N) is 4.